The molecular formula is C20H22O7. The summed E-state index contributed by atoms with van der Waals surface area (Å²) in [5, 5.41) is 9.63. The van der Waals surface area contributed by atoms with Crippen molar-refractivity contribution in [2.45, 2.75) is 12.3 Å². The van der Waals surface area contributed by atoms with Gasteiger partial charge in [0.2, 0.25) is 0 Å². The van der Waals surface area contributed by atoms with Gasteiger partial charge in [-0.15, -0.1) is 0 Å². The maximum atomic E-state index is 12.7. The SMILES string of the molecule is COc1ccc(C(=O)C[C@H](C(=O)O)c2ccc(OC)c(OC)c2)cc1OC. The van der Waals surface area contributed by atoms with Crippen LogP contribution in [0, 0.1) is 0 Å². The Morgan fingerprint density at radius 2 is 1.33 bits per heavy atom. The molecule has 0 aliphatic carbocycles. The van der Waals surface area contributed by atoms with Gasteiger partial charge in [0.25, 0.3) is 0 Å². The number of benzene rings is 2. The lowest BCUT2D eigenvalue weighted by atomic mass is 9.91. The number of hydrogen-bond acceptors (Lipinski definition) is 6. The molecule has 0 heterocycles. The topological polar surface area (TPSA) is 91.3 Å². The average Bonchev–Trinajstić information content (AvgIpc) is 2.70. The molecular weight excluding hydrogens is 352 g/mol. The first kappa shape index (κ1) is 20.1. The van der Waals surface area contributed by atoms with Gasteiger partial charge in [-0.25, -0.2) is 0 Å². The highest BCUT2D eigenvalue weighted by atomic mass is 16.5. The van der Waals surface area contributed by atoms with Crippen molar-refractivity contribution in [2.75, 3.05) is 28.4 Å². The highest BCUT2D eigenvalue weighted by molar-refractivity contribution is 5.99. The molecule has 2 aromatic carbocycles. The van der Waals surface area contributed by atoms with Crippen LogP contribution in [0.4, 0.5) is 0 Å². The average molecular weight is 374 g/mol. The van der Waals surface area contributed by atoms with Crippen molar-refractivity contribution in [1.82, 2.24) is 0 Å². The van der Waals surface area contributed by atoms with Crippen LogP contribution in [0.25, 0.3) is 0 Å². The zero-order chi connectivity index (χ0) is 20.0. The Labute approximate surface area is 157 Å². The van der Waals surface area contributed by atoms with Crippen molar-refractivity contribution in [3.8, 4) is 23.0 Å². The number of carbonyl (C=O) groups is 2. The summed E-state index contributed by atoms with van der Waals surface area (Å²) >= 11 is 0. The van der Waals surface area contributed by atoms with Gasteiger partial charge in [0.05, 0.1) is 34.4 Å². The number of carbonyl (C=O) groups excluding carboxylic acids is 1. The Kier molecular flexibility index (Phi) is 6.65. The first-order valence-electron chi connectivity index (χ1n) is 8.15. The number of hydrogen-bond donors (Lipinski definition) is 1. The number of Topliss-reactive ketones (excluding diaryl/α,β-unsaturated/α-hetero) is 1. The van der Waals surface area contributed by atoms with Gasteiger partial charge in [0, 0.05) is 12.0 Å². The first-order valence-corrected chi connectivity index (χ1v) is 8.15. The summed E-state index contributed by atoms with van der Waals surface area (Å²) in [7, 11) is 5.92. The number of rotatable bonds is 9. The molecule has 0 saturated heterocycles. The fourth-order valence-electron chi connectivity index (χ4n) is 2.73. The molecule has 0 radical (unpaired) electrons. The number of ether oxygens (including phenoxy) is 4. The maximum absolute atomic E-state index is 12.7. The summed E-state index contributed by atoms with van der Waals surface area (Å²) in [5.41, 5.74) is 0.799. The van der Waals surface area contributed by atoms with Gasteiger partial charge < -0.3 is 24.1 Å². The summed E-state index contributed by atoms with van der Waals surface area (Å²) in [6.07, 6.45) is -0.208. The Hall–Kier alpha value is -3.22. The third-order valence-corrected chi connectivity index (χ3v) is 4.20. The third kappa shape index (κ3) is 4.49. The zero-order valence-electron chi connectivity index (χ0n) is 15.6. The van der Waals surface area contributed by atoms with Crippen molar-refractivity contribution in [3.05, 3.63) is 47.5 Å². The van der Waals surface area contributed by atoms with E-state index in [1.807, 2.05) is 0 Å². The van der Waals surface area contributed by atoms with E-state index in [0.717, 1.165) is 0 Å². The molecule has 7 nitrogen and oxygen atoms in total. The fourth-order valence-corrected chi connectivity index (χ4v) is 2.73. The lowest BCUT2D eigenvalue weighted by molar-refractivity contribution is -0.138. The monoisotopic (exact) mass is 374 g/mol. The van der Waals surface area contributed by atoms with Gasteiger partial charge in [-0.05, 0) is 35.9 Å². The van der Waals surface area contributed by atoms with Gasteiger partial charge in [-0.3, -0.25) is 9.59 Å². The van der Waals surface area contributed by atoms with Gasteiger partial charge in [0.1, 0.15) is 0 Å². The van der Waals surface area contributed by atoms with E-state index in [1.165, 1.54) is 34.5 Å². The molecule has 0 fully saturated rings. The van der Waals surface area contributed by atoms with Crippen LogP contribution in [-0.4, -0.2) is 45.3 Å². The lowest BCUT2D eigenvalue weighted by Crippen LogP contribution is -2.16. The van der Waals surface area contributed by atoms with Gasteiger partial charge in [0.15, 0.2) is 28.8 Å². The summed E-state index contributed by atoms with van der Waals surface area (Å²) in [4.78, 5) is 24.4. The molecule has 0 aliphatic rings. The van der Waals surface area contributed by atoms with E-state index >= 15 is 0 Å². The minimum absolute atomic E-state index is 0.208. The van der Waals surface area contributed by atoms with Crippen LogP contribution in [0.5, 0.6) is 23.0 Å². The minimum Gasteiger partial charge on any atom is -0.493 e. The highest BCUT2D eigenvalue weighted by Gasteiger charge is 2.25. The second-order valence-electron chi connectivity index (χ2n) is 5.70. The van der Waals surface area contributed by atoms with Gasteiger partial charge >= 0.3 is 5.97 Å². The minimum atomic E-state index is -1.10. The van der Waals surface area contributed by atoms with E-state index in [2.05, 4.69) is 0 Å². The number of methoxy groups -OCH3 is 4. The standard InChI is InChI=1S/C20H22O7/c1-24-16-7-5-12(9-18(16)26-3)14(20(22)23)11-15(21)13-6-8-17(25-2)19(10-13)27-4/h5-10,14H,11H2,1-4H3,(H,22,23)/t14-/m0/s1. The van der Waals surface area contributed by atoms with Crippen LogP contribution in [-0.2, 0) is 4.79 Å². The van der Waals surface area contributed by atoms with Crippen LogP contribution in [0.1, 0.15) is 28.3 Å². The molecule has 2 rings (SSSR count). The quantitative estimate of drug-likeness (QED) is 0.674. The van der Waals surface area contributed by atoms with Crippen LogP contribution < -0.4 is 18.9 Å². The van der Waals surface area contributed by atoms with E-state index in [9.17, 15) is 14.7 Å². The van der Waals surface area contributed by atoms with Crippen molar-refractivity contribution < 1.29 is 33.6 Å². The van der Waals surface area contributed by atoms with Crippen molar-refractivity contribution in [3.63, 3.8) is 0 Å². The molecule has 27 heavy (non-hydrogen) atoms. The van der Waals surface area contributed by atoms with Crippen molar-refractivity contribution in [2.24, 2.45) is 0 Å². The van der Waals surface area contributed by atoms with Crippen molar-refractivity contribution >= 4 is 11.8 Å². The van der Waals surface area contributed by atoms with E-state index in [4.69, 9.17) is 18.9 Å². The molecule has 2 aromatic rings. The predicted octanol–water partition coefficient (Wildman–Crippen LogP) is 3.16. The molecule has 0 bridgehead atoms. The summed E-state index contributed by atoms with van der Waals surface area (Å²) in [6.45, 7) is 0. The second kappa shape index (κ2) is 8.93. The Morgan fingerprint density at radius 1 is 0.815 bits per heavy atom. The Bertz CT molecular complexity index is 829. The molecule has 1 N–H and O–H groups in total. The molecule has 0 spiro atoms. The van der Waals surface area contributed by atoms with Crippen LogP contribution in [0.15, 0.2) is 36.4 Å². The first-order chi connectivity index (χ1) is 12.9. The van der Waals surface area contributed by atoms with E-state index in [0.29, 0.717) is 34.1 Å². The Morgan fingerprint density at radius 3 is 1.85 bits per heavy atom. The molecule has 0 unspecified atom stereocenters. The number of ketones is 1. The molecule has 0 saturated carbocycles. The smallest absolute Gasteiger partial charge is 0.311 e. The molecule has 1 atom stereocenters. The molecule has 0 amide bonds. The lowest BCUT2D eigenvalue weighted by Gasteiger charge is -2.15. The summed E-state index contributed by atoms with van der Waals surface area (Å²) < 4.78 is 20.7. The van der Waals surface area contributed by atoms with Crippen LogP contribution >= 0.6 is 0 Å². The Balaban J connectivity index is 2.31. The van der Waals surface area contributed by atoms with Gasteiger partial charge in [-0.2, -0.15) is 0 Å². The van der Waals surface area contributed by atoms with E-state index < -0.39 is 11.9 Å². The van der Waals surface area contributed by atoms with Gasteiger partial charge in [-0.1, -0.05) is 6.07 Å². The van der Waals surface area contributed by atoms with Crippen molar-refractivity contribution in [1.29, 1.82) is 0 Å². The molecule has 7 heteroatoms. The zero-order valence-corrected chi connectivity index (χ0v) is 15.6. The number of aliphatic carboxylic acids is 1. The number of carboxylic acid groups (broad SMARTS) is 1. The second-order valence-corrected chi connectivity index (χ2v) is 5.70. The normalized spacial score (nSPS) is 11.4. The van der Waals surface area contributed by atoms with E-state index in [1.54, 1.807) is 30.3 Å². The number of carboxylic acids is 1. The summed E-state index contributed by atoms with van der Waals surface area (Å²) in [5.74, 6) is -0.666. The molecule has 0 aromatic heterocycles. The predicted molar refractivity (Wildman–Crippen MR) is 98.4 cm³/mol. The summed E-state index contributed by atoms with van der Waals surface area (Å²) in [6, 6.07) is 9.52. The van der Waals surface area contributed by atoms with Crippen LogP contribution in [0.2, 0.25) is 0 Å². The largest absolute Gasteiger partial charge is 0.493 e. The fraction of sp³-hybridized carbons (Fsp3) is 0.300. The molecule has 144 valence electrons. The third-order valence-electron chi connectivity index (χ3n) is 4.20. The van der Waals surface area contributed by atoms with E-state index in [-0.39, 0.29) is 12.2 Å². The van der Waals surface area contributed by atoms with Crippen LogP contribution in [0.3, 0.4) is 0 Å². The molecule has 0 aliphatic heterocycles. The highest BCUT2D eigenvalue weighted by Crippen LogP contribution is 2.33. The maximum Gasteiger partial charge on any atom is 0.311 e.